The second-order valence-electron chi connectivity index (χ2n) is 4.61. The molecule has 0 bridgehead atoms. The van der Waals surface area contributed by atoms with Crippen LogP contribution in [-0.4, -0.2) is 4.75 Å². The maximum Gasteiger partial charge on any atom is 0.0409 e. The number of rotatable bonds is 3. The molecule has 0 saturated carbocycles. The Morgan fingerprint density at radius 1 is 1.33 bits per heavy atom. The lowest BCUT2D eigenvalue weighted by Crippen LogP contribution is -2.19. The molecule has 84 valence electrons. The van der Waals surface area contributed by atoms with E-state index in [1.807, 2.05) is 18.2 Å². The first-order valence-corrected chi connectivity index (χ1v) is 6.27. The molecule has 0 heterocycles. The average Bonchev–Trinajstić information content (AvgIpc) is 2.13. The maximum absolute atomic E-state index is 5.94. The van der Waals surface area contributed by atoms with E-state index in [2.05, 4.69) is 38.5 Å². The third kappa shape index (κ3) is 4.92. The molecule has 0 aliphatic heterocycles. The molecule has 0 saturated heterocycles. The van der Waals surface area contributed by atoms with Gasteiger partial charge < -0.3 is 0 Å². The van der Waals surface area contributed by atoms with Crippen LogP contribution in [0.3, 0.4) is 0 Å². The first-order chi connectivity index (χ1) is 6.88. The Morgan fingerprint density at radius 2 is 2.00 bits per heavy atom. The normalized spacial score (nSPS) is 13.9. The Bertz CT molecular complexity index is 320. The molecule has 1 nitrogen and oxygen atoms in total. The van der Waals surface area contributed by atoms with Crippen molar-refractivity contribution in [2.75, 3.05) is 0 Å². The summed E-state index contributed by atoms with van der Waals surface area (Å²) < 4.78 is 3.65. The first-order valence-electron chi connectivity index (χ1n) is 5.07. The largest absolute Gasteiger partial charge is 0.256 e. The molecular weight excluding hydrogens is 226 g/mol. The molecule has 0 amide bonds. The molecule has 1 unspecified atom stereocenters. The number of benzene rings is 1. The fraction of sp³-hybridized carbons (Fsp3) is 0.500. The van der Waals surface area contributed by atoms with Gasteiger partial charge in [0.2, 0.25) is 0 Å². The van der Waals surface area contributed by atoms with Gasteiger partial charge in [0.05, 0.1) is 0 Å². The van der Waals surface area contributed by atoms with Crippen molar-refractivity contribution < 1.29 is 0 Å². The van der Waals surface area contributed by atoms with Gasteiger partial charge in [-0.2, -0.15) is 0 Å². The maximum atomic E-state index is 5.94. The lowest BCUT2D eigenvalue weighted by molar-refractivity contribution is 0.724. The van der Waals surface area contributed by atoms with Crippen LogP contribution in [0.25, 0.3) is 0 Å². The molecule has 0 fully saturated rings. The SMILES string of the molecule is CC(NSC(C)(C)C)c1cccc(Cl)c1. The summed E-state index contributed by atoms with van der Waals surface area (Å²) in [7, 11) is 0. The van der Waals surface area contributed by atoms with Crippen LogP contribution >= 0.6 is 23.5 Å². The van der Waals surface area contributed by atoms with E-state index < -0.39 is 0 Å². The van der Waals surface area contributed by atoms with Gasteiger partial charge in [-0.15, -0.1) is 0 Å². The van der Waals surface area contributed by atoms with Gasteiger partial charge in [-0.1, -0.05) is 35.7 Å². The van der Waals surface area contributed by atoms with Gasteiger partial charge in [-0.3, -0.25) is 4.72 Å². The molecule has 3 heteroatoms. The highest BCUT2D eigenvalue weighted by Crippen LogP contribution is 2.25. The van der Waals surface area contributed by atoms with Crippen LogP contribution in [0.5, 0.6) is 0 Å². The highest BCUT2D eigenvalue weighted by atomic mass is 35.5. The standard InChI is InChI=1S/C12H18ClNS/c1-9(14-15-12(2,3)4)10-6-5-7-11(13)8-10/h5-9,14H,1-4H3. The fourth-order valence-electron chi connectivity index (χ4n) is 1.11. The molecule has 0 aliphatic rings. The average molecular weight is 244 g/mol. The van der Waals surface area contributed by atoms with Crippen molar-refractivity contribution in [2.45, 2.75) is 38.5 Å². The molecule has 1 N–H and O–H groups in total. The van der Waals surface area contributed by atoms with Crippen molar-refractivity contribution in [3.8, 4) is 0 Å². The molecular formula is C12H18ClNS. The minimum Gasteiger partial charge on any atom is -0.256 e. The van der Waals surface area contributed by atoms with Crippen LogP contribution in [0.1, 0.15) is 39.3 Å². The van der Waals surface area contributed by atoms with E-state index in [1.165, 1.54) is 5.56 Å². The van der Waals surface area contributed by atoms with Crippen LogP contribution in [0, 0.1) is 0 Å². The second kappa shape index (κ2) is 5.24. The molecule has 1 atom stereocenters. The molecule has 0 radical (unpaired) electrons. The molecule has 0 spiro atoms. The zero-order valence-electron chi connectivity index (χ0n) is 9.67. The summed E-state index contributed by atoms with van der Waals surface area (Å²) in [6, 6.07) is 8.29. The van der Waals surface area contributed by atoms with Crippen molar-refractivity contribution >= 4 is 23.5 Å². The summed E-state index contributed by atoms with van der Waals surface area (Å²) in [6.07, 6.45) is 0. The van der Waals surface area contributed by atoms with E-state index in [1.54, 1.807) is 11.9 Å². The third-order valence-corrected chi connectivity index (χ3v) is 3.21. The lowest BCUT2D eigenvalue weighted by Gasteiger charge is -2.22. The topological polar surface area (TPSA) is 12.0 Å². The number of nitrogens with one attached hydrogen (secondary N) is 1. The van der Waals surface area contributed by atoms with Gasteiger partial charge in [-0.25, -0.2) is 0 Å². The molecule has 15 heavy (non-hydrogen) atoms. The van der Waals surface area contributed by atoms with E-state index in [0.717, 1.165) is 5.02 Å². The molecule has 1 aromatic carbocycles. The van der Waals surface area contributed by atoms with Crippen LogP contribution in [-0.2, 0) is 0 Å². The molecule has 0 aliphatic carbocycles. The molecule has 1 aromatic rings. The Balaban J connectivity index is 2.58. The minimum absolute atomic E-state index is 0.229. The van der Waals surface area contributed by atoms with Gasteiger partial charge in [0, 0.05) is 15.8 Å². The third-order valence-electron chi connectivity index (χ3n) is 1.89. The quantitative estimate of drug-likeness (QED) is 0.788. The second-order valence-corrected chi connectivity index (χ2v) is 6.71. The number of halogens is 1. The Hall–Kier alpha value is -0.180. The van der Waals surface area contributed by atoms with Crippen molar-refractivity contribution in [3.05, 3.63) is 34.9 Å². The van der Waals surface area contributed by atoms with Gasteiger partial charge >= 0.3 is 0 Å². The van der Waals surface area contributed by atoms with Crippen molar-refractivity contribution in [3.63, 3.8) is 0 Å². The Kier molecular flexibility index (Phi) is 4.50. The van der Waals surface area contributed by atoms with Crippen molar-refractivity contribution in [1.82, 2.24) is 4.72 Å². The zero-order valence-corrected chi connectivity index (χ0v) is 11.2. The minimum atomic E-state index is 0.229. The highest BCUT2D eigenvalue weighted by Gasteiger charge is 2.13. The highest BCUT2D eigenvalue weighted by molar-refractivity contribution is 7.98. The van der Waals surface area contributed by atoms with Crippen molar-refractivity contribution in [2.24, 2.45) is 0 Å². The summed E-state index contributed by atoms with van der Waals surface area (Å²) in [4.78, 5) is 0. The summed E-state index contributed by atoms with van der Waals surface area (Å²) in [5.74, 6) is 0. The van der Waals surface area contributed by atoms with Crippen LogP contribution in [0.2, 0.25) is 5.02 Å². The van der Waals surface area contributed by atoms with Gasteiger partial charge in [0.1, 0.15) is 0 Å². The summed E-state index contributed by atoms with van der Waals surface area (Å²) >= 11 is 7.69. The smallest absolute Gasteiger partial charge is 0.0409 e. The van der Waals surface area contributed by atoms with E-state index in [0.29, 0.717) is 6.04 Å². The number of hydrogen-bond acceptors (Lipinski definition) is 2. The van der Waals surface area contributed by atoms with E-state index in [4.69, 9.17) is 11.6 Å². The summed E-state index contributed by atoms with van der Waals surface area (Å²) in [5.41, 5.74) is 1.22. The predicted molar refractivity (Wildman–Crippen MR) is 70.3 cm³/mol. The van der Waals surface area contributed by atoms with E-state index in [-0.39, 0.29) is 4.75 Å². The Labute approximate surface area is 102 Å². The lowest BCUT2D eigenvalue weighted by atomic mass is 10.1. The molecule has 0 aromatic heterocycles. The van der Waals surface area contributed by atoms with Crippen molar-refractivity contribution in [1.29, 1.82) is 0 Å². The van der Waals surface area contributed by atoms with Gasteiger partial charge in [0.15, 0.2) is 0 Å². The van der Waals surface area contributed by atoms with Gasteiger partial charge in [0.25, 0.3) is 0 Å². The Morgan fingerprint density at radius 3 is 2.53 bits per heavy atom. The van der Waals surface area contributed by atoms with E-state index >= 15 is 0 Å². The van der Waals surface area contributed by atoms with E-state index in [9.17, 15) is 0 Å². The monoisotopic (exact) mass is 243 g/mol. The van der Waals surface area contributed by atoms with Crippen LogP contribution in [0.4, 0.5) is 0 Å². The number of hydrogen-bond donors (Lipinski definition) is 1. The fourth-order valence-corrected chi connectivity index (χ4v) is 1.97. The van der Waals surface area contributed by atoms with Crippen LogP contribution in [0.15, 0.2) is 24.3 Å². The summed E-state index contributed by atoms with van der Waals surface area (Å²) in [5, 5.41) is 0.793. The molecule has 1 rings (SSSR count). The van der Waals surface area contributed by atoms with Crippen LogP contribution < -0.4 is 4.72 Å². The van der Waals surface area contributed by atoms with Gasteiger partial charge in [-0.05, 0) is 45.4 Å². The zero-order chi connectivity index (χ0) is 11.5. The predicted octanol–water partition coefficient (Wildman–Crippen LogP) is 4.44. The first kappa shape index (κ1) is 12.9. The summed E-state index contributed by atoms with van der Waals surface area (Å²) in [6.45, 7) is 8.71.